The van der Waals surface area contributed by atoms with Gasteiger partial charge in [-0.1, -0.05) is 6.07 Å². The quantitative estimate of drug-likeness (QED) is 0.757. The van der Waals surface area contributed by atoms with Crippen LogP contribution in [-0.2, 0) is 4.74 Å². The Balaban J connectivity index is 2.66. The van der Waals surface area contributed by atoms with Gasteiger partial charge in [-0.25, -0.2) is 4.79 Å². The highest BCUT2D eigenvalue weighted by atomic mass is 16.6. The van der Waals surface area contributed by atoms with Gasteiger partial charge in [0.25, 0.3) is 0 Å². The highest BCUT2D eigenvalue weighted by Gasteiger charge is 2.25. The van der Waals surface area contributed by atoms with Crippen molar-refractivity contribution in [1.29, 1.82) is 0 Å². The van der Waals surface area contributed by atoms with Crippen LogP contribution in [0.15, 0.2) is 24.4 Å². The second-order valence-corrected chi connectivity index (χ2v) is 5.13. The largest absolute Gasteiger partial charge is 0.444 e. The highest BCUT2D eigenvalue weighted by Crippen LogP contribution is 2.14. The summed E-state index contributed by atoms with van der Waals surface area (Å²) in [5, 5.41) is 21.7. The molecular formula is C13H20N2O4. The summed E-state index contributed by atoms with van der Waals surface area (Å²) in [6.07, 6.45) is -0.263. The first kappa shape index (κ1) is 15.4. The fraction of sp³-hybridized carbons (Fsp3) is 0.538. The molecule has 1 rings (SSSR count). The summed E-state index contributed by atoms with van der Waals surface area (Å²) in [6, 6.07) is 4.17. The maximum absolute atomic E-state index is 11.6. The predicted molar refractivity (Wildman–Crippen MR) is 69.4 cm³/mol. The highest BCUT2D eigenvalue weighted by molar-refractivity contribution is 5.68. The van der Waals surface area contributed by atoms with E-state index in [0.717, 1.165) is 0 Å². The molecular weight excluding hydrogens is 248 g/mol. The molecule has 0 fully saturated rings. The number of hydrogen-bond acceptors (Lipinski definition) is 5. The monoisotopic (exact) mass is 268 g/mol. The Morgan fingerprint density at radius 3 is 2.63 bits per heavy atom. The van der Waals surface area contributed by atoms with Crippen LogP contribution in [0.3, 0.4) is 0 Å². The summed E-state index contributed by atoms with van der Waals surface area (Å²) in [5.41, 5.74) is -0.266. The van der Waals surface area contributed by atoms with E-state index in [1.165, 1.54) is 6.20 Å². The van der Waals surface area contributed by atoms with Crippen molar-refractivity contribution >= 4 is 6.09 Å². The molecule has 0 aliphatic rings. The molecule has 1 aromatic heterocycles. The van der Waals surface area contributed by atoms with Gasteiger partial charge >= 0.3 is 6.09 Å². The van der Waals surface area contributed by atoms with Crippen LogP contribution in [0.4, 0.5) is 4.79 Å². The first-order chi connectivity index (χ1) is 8.83. The van der Waals surface area contributed by atoms with Crippen LogP contribution in [0.2, 0.25) is 0 Å². The van der Waals surface area contributed by atoms with E-state index in [0.29, 0.717) is 5.69 Å². The van der Waals surface area contributed by atoms with Crippen molar-refractivity contribution in [2.24, 2.45) is 0 Å². The molecule has 1 amide bonds. The first-order valence-electron chi connectivity index (χ1n) is 6.03. The molecule has 6 nitrogen and oxygen atoms in total. The molecule has 6 heteroatoms. The van der Waals surface area contributed by atoms with Gasteiger partial charge in [-0.3, -0.25) is 4.98 Å². The number of alkyl carbamates (subject to hydrolysis) is 1. The molecule has 19 heavy (non-hydrogen) atoms. The van der Waals surface area contributed by atoms with Gasteiger partial charge in [0.2, 0.25) is 0 Å². The fourth-order valence-corrected chi connectivity index (χ4v) is 1.44. The SMILES string of the molecule is CC(C)(C)OC(=O)NC(CO)C(O)c1ccccn1. The summed E-state index contributed by atoms with van der Waals surface area (Å²) in [4.78, 5) is 15.6. The van der Waals surface area contributed by atoms with Crippen molar-refractivity contribution in [1.82, 2.24) is 10.3 Å². The van der Waals surface area contributed by atoms with Gasteiger partial charge in [0, 0.05) is 6.20 Å². The van der Waals surface area contributed by atoms with Crippen molar-refractivity contribution in [2.45, 2.75) is 38.5 Å². The average molecular weight is 268 g/mol. The standard InChI is InChI=1S/C13H20N2O4/c1-13(2,3)19-12(18)15-10(8-16)11(17)9-6-4-5-7-14-9/h4-7,10-11,16-17H,8H2,1-3H3,(H,15,18). The number of aliphatic hydroxyl groups is 2. The summed E-state index contributed by atoms with van der Waals surface area (Å²) in [5.74, 6) is 0. The topological polar surface area (TPSA) is 91.7 Å². The molecule has 0 saturated carbocycles. The number of carbonyl (C=O) groups excluding carboxylic acids is 1. The minimum atomic E-state index is -1.10. The van der Waals surface area contributed by atoms with Crippen LogP contribution in [0.1, 0.15) is 32.6 Å². The van der Waals surface area contributed by atoms with Crippen molar-refractivity contribution in [3.05, 3.63) is 30.1 Å². The van der Waals surface area contributed by atoms with Gasteiger partial charge in [0.15, 0.2) is 0 Å². The molecule has 0 spiro atoms. The van der Waals surface area contributed by atoms with E-state index in [-0.39, 0.29) is 0 Å². The van der Waals surface area contributed by atoms with Crippen LogP contribution in [0, 0.1) is 0 Å². The van der Waals surface area contributed by atoms with Gasteiger partial charge in [-0.2, -0.15) is 0 Å². The zero-order chi connectivity index (χ0) is 14.5. The summed E-state index contributed by atoms with van der Waals surface area (Å²) < 4.78 is 5.06. The number of nitrogens with zero attached hydrogens (tertiary/aromatic N) is 1. The number of carbonyl (C=O) groups is 1. The van der Waals surface area contributed by atoms with Gasteiger partial charge in [0.1, 0.15) is 11.7 Å². The fourth-order valence-electron chi connectivity index (χ4n) is 1.44. The van der Waals surface area contributed by atoms with Crippen molar-refractivity contribution in [2.75, 3.05) is 6.61 Å². The summed E-state index contributed by atoms with van der Waals surface area (Å²) in [7, 11) is 0. The Labute approximate surface area is 112 Å². The van der Waals surface area contributed by atoms with Crippen LogP contribution in [-0.4, -0.2) is 39.5 Å². The third-order valence-corrected chi connectivity index (χ3v) is 2.27. The third-order valence-electron chi connectivity index (χ3n) is 2.27. The van der Waals surface area contributed by atoms with Gasteiger partial charge in [-0.15, -0.1) is 0 Å². The predicted octanol–water partition coefficient (Wildman–Crippen LogP) is 1.00. The number of rotatable bonds is 4. The van der Waals surface area contributed by atoms with Crippen LogP contribution in [0.25, 0.3) is 0 Å². The number of nitrogens with one attached hydrogen (secondary N) is 1. The van der Waals surface area contributed by atoms with E-state index in [1.54, 1.807) is 39.0 Å². The van der Waals surface area contributed by atoms with Crippen LogP contribution >= 0.6 is 0 Å². The van der Waals surface area contributed by atoms with Crippen molar-refractivity contribution < 1.29 is 19.7 Å². The summed E-state index contributed by atoms with van der Waals surface area (Å²) in [6.45, 7) is 4.78. The van der Waals surface area contributed by atoms with Crippen LogP contribution < -0.4 is 5.32 Å². The van der Waals surface area contributed by atoms with Crippen LogP contribution in [0.5, 0.6) is 0 Å². The molecule has 2 unspecified atom stereocenters. The molecule has 106 valence electrons. The molecule has 0 aliphatic heterocycles. The van der Waals surface area contributed by atoms with Crippen molar-refractivity contribution in [3.8, 4) is 0 Å². The lowest BCUT2D eigenvalue weighted by atomic mass is 10.1. The zero-order valence-corrected chi connectivity index (χ0v) is 11.3. The number of hydrogen-bond donors (Lipinski definition) is 3. The maximum Gasteiger partial charge on any atom is 0.408 e. The molecule has 0 radical (unpaired) electrons. The first-order valence-corrected chi connectivity index (χ1v) is 6.03. The number of pyridine rings is 1. The zero-order valence-electron chi connectivity index (χ0n) is 11.3. The molecule has 1 aromatic rings. The molecule has 0 aliphatic carbocycles. The summed E-state index contributed by atoms with van der Waals surface area (Å²) >= 11 is 0. The number of aliphatic hydroxyl groups excluding tert-OH is 2. The Kier molecular flexibility index (Phi) is 5.26. The van der Waals surface area contributed by atoms with Gasteiger partial charge in [-0.05, 0) is 32.9 Å². The lowest BCUT2D eigenvalue weighted by Gasteiger charge is -2.25. The minimum absolute atomic E-state index is 0.373. The smallest absolute Gasteiger partial charge is 0.408 e. The maximum atomic E-state index is 11.6. The van der Waals surface area contributed by atoms with E-state index in [4.69, 9.17) is 4.74 Å². The molecule has 3 N–H and O–H groups in total. The normalized spacial score (nSPS) is 14.6. The molecule has 0 bridgehead atoms. The molecule has 0 saturated heterocycles. The van der Waals surface area contributed by atoms with E-state index in [2.05, 4.69) is 10.3 Å². The second-order valence-electron chi connectivity index (χ2n) is 5.13. The Morgan fingerprint density at radius 2 is 2.16 bits per heavy atom. The number of ether oxygens (including phenoxy) is 1. The van der Waals surface area contributed by atoms with E-state index in [1.807, 2.05) is 0 Å². The molecule has 2 atom stereocenters. The van der Waals surface area contributed by atoms with Crippen molar-refractivity contribution in [3.63, 3.8) is 0 Å². The Morgan fingerprint density at radius 1 is 1.47 bits per heavy atom. The minimum Gasteiger partial charge on any atom is -0.444 e. The average Bonchev–Trinajstić information content (AvgIpc) is 2.34. The Hall–Kier alpha value is -1.66. The lowest BCUT2D eigenvalue weighted by molar-refractivity contribution is 0.0343. The van der Waals surface area contributed by atoms with Gasteiger partial charge < -0.3 is 20.3 Å². The number of amides is 1. The van der Waals surface area contributed by atoms with E-state index < -0.39 is 30.4 Å². The number of aromatic nitrogens is 1. The van der Waals surface area contributed by atoms with E-state index >= 15 is 0 Å². The van der Waals surface area contributed by atoms with Gasteiger partial charge in [0.05, 0.1) is 18.3 Å². The second kappa shape index (κ2) is 6.49. The lowest BCUT2D eigenvalue weighted by Crippen LogP contribution is -2.44. The third kappa shape index (κ3) is 5.23. The van der Waals surface area contributed by atoms with E-state index in [9.17, 15) is 15.0 Å². The molecule has 1 heterocycles. The Bertz CT molecular complexity index is 403. The molecule has 0 aromatic carbocycles.